The largest absolute Gasteiger partial charge is 1.00 e. The van der Waals surface area contributed by atoms with Crippen LogP contribution in [0, 0.1) is 0 Å². The summed E-state index contributed by atoms with van der Waals surface area (Å²) in [4.78, 5) is 0. The summed E-state index contributed by atoms with van der Waals surface area (Å²) in [7, 11) is 0. The molecule has 0 fully saturated rings. The molecular formula is C17H18Ti-. The van der Waals surface area contributed by atoms with Gasteiger partial charge in [0.2, 0.25) is 0 Å². The SMILES string of the molecule is C1=CC[C]([Ti]([CH2]c2ccccc2)[C]2=CC=CC2)=C1.[H-]. The van der Waals surface area contributed by atoms with E-state index in [9.17, 15) is 0 Å². The number of benzene rings is 1. The van der Waals surface area contributed by atoms with Crippen molar-refractivity contribution in [3.63, 3.8) is 0 Å². The van der Waals surface area contributed by atoms with E-state index in [2.05, 4.69) is 66.8 Å². The molecule has 0 N–H and O–H groups in total. The zero-order valence-corrected chi connectivity index (χ0v) is 12.0. The molecule has 3 rings (SSSR count). The quantitative estimate of drug-likeness (QED) is 0.701. The maximum Gasteiger partial charge on any atom is -1.00 e. The van der Waals surface area contributed by atoms with E-state index in [1.807, 2.05) is 0 Å². The molecule has 0 saturated heterocycles. The van der Waals surface area contributed by atoms with E-state index in [4.69, 9.17) is 0 Å². The van der Waals surface area contributed by atoms with Crippen LogP contribution >= 0.6 is 0 Å². The molecular weight excluding hydrogens is 252 g/mol. The van der Waals surface area contributed by atoms with Crippen LogP contribution in [0.25, 0.3) is 0 Å². The van der Waals surface area contributed by atoms with E-state index in [0.29, 0.717) is 0 Å². The molecule has 91 valence electrons. The Balaban J connectivity index is 0.00000133. The zero-order valence-electron chi connectivity index (χ0n) is 11.5. The Hall–Kier alpha value is -1.11. The van der Waals surface area contributed by atoms with Crippen LogP contribution in [-0.4, -0.2) is 0 Å². The van der Waals surface area contributed by atoms with Gasteiger partial charge in [0.25, 0.3) is 0 Å². The van der Waals surface area contributed by atoms with Gasteiger partial charge in [-0.15, -0.1) is 0 Å². The summed E-state index contributed by atoms with van der Waals surface area (Å²) in [5.41, 5.74) is 1.51. The van der Waals surface area contributed by atoms with Gasteiger partial charge in [0.15, 0.2) is 0 Å². The molecule has 18 heavy (non-hydrogen) atoms. The van der Waals surface area contributed by atoms with Crippen molar-refractivity contribution in [2.45, 2.75) is 17.6 Å². The minimum atomic E-state index is -1.28. The van der Waals surface area contributed by atoms with Crippen LogP contribution in [-0.2, 0) is 22.6 Å². The standard InChI is InChI=1S/C7H7.2C5H5.Ti.H/c1-7-5-3-2-4-6-7;2*1-2-4-5-3-1;;/h2-6H,1H2;2*1-3H,4H2;;/q;;;;-1. The van der Waals surface area contributed by atoms with Crippen LogP contribution in [0.2, 0.25) is 0 Å². The molecule has 0 atom stereocenters. The van der Waals surface area contributed by atoms with Crippen molar-refractivity contribution >= 4 is 0 Å². The van der Waals surface area contributed by atoms with Gasteiger partial charge in [0.05, 0.1) is 0 Å². The average molecular weight is 270 g/mol. The first kappa shape index (κ1) is 12.0. The summed E-state index contributed by atoms with van der Waals surface area (Å²) >= 11 is -1.28. The summed E-state index contributed by atoms with van der Waals surface area (Å²) in [6.07, 6.45) is 16.2. The minimum absolute atomic E-state index is 0. The fraction of sp³-hybridized carbons (Fsp3) is 0.176. The molecule has 0 radical (unpaired) electrons. The van der Waals surface area contributed by atoms with Crippen molar-refractivity contribution in [2.24, 2.45) is 0 Å². The maximum absolute atomic E-state index is 2.37. The predicted molar refractivity (Wildman–Crippen MR) is 74.9 cm³/mol. The first-order valence-electron chi connectivity index (χ1n) is 6.55. The van der Waals surface area contributed by atoms with E-state index >= 15 is 0 Å². The molecule has 0 saturated carbocycles. The van der Waals surface area contributed by atoms with Gasteiger partial charge in [0.1, 0.15) is 0 Å². The van der Waals surface area contributed by atoms with Crippen LogP contribution in [0.4, 0.5) is 0 Å². The monoisotopic (exact) mass is 270 g/mol. The number of rotatable bonds is 4. The molecule has 0 aromatic heterocycles. The van der Waals surface area contributed by atoms with E-state index in [1.165, 1.54) is 23.1 Å². The number of hydrogen-bond acceptors (Lipinski definition) is 0. The maximum atomic E-state index is 2.37. The van der Waals surface area contributed by atoms with Crippen molar-refractivity contribution in [2.75, 3.05) is 0 Å². The third-order valence-corrected chi connectivity index (χ3v) is 8.31. The minimum Gasteiger partial charge on any atom is -1.00 e. The fourth-order valence-electron chi connectivity index (χ4n) is 2.58. The Morgan fingerprint density at radius 2 is 1.50 bits per heavy atom. The van der Waals surface area contributed by atoms with Crippen molar-refractivity contribution in [3.8, 4) is 0 Å². The second-order valence-electron chi connectivity index (χ2n) is 4.79. The van der Waals surface area contributed by atoms with E-state index in [0.717, 1.165) is 0 Å². The number of hydrogen-bond donors (Lipinski definition) is 0. The van der Waals surface area contributed by atoms with Gasteiger partial charge in [-0.3, -0.25) is 0 Å². The fourth-order valence-corrected chi connectivity index (χ4v) is 7.00. The molecule has 0 aliphatic heterocycles. The van der Waals surface area contributed by atoms with Crippen LogP contribution in [0.5, 0.6) is 0 Å². The molecule has 0 heterocycles. The Morgan fingerprint density at radius 1 is 0.889 bits per heavy atom. The Morgan fingerprint density at radius 3 is 2.00 bits per heavy atom. The third-order valence-electron chi connectivity index (χ3n) is 3.54. The summed E-state index contributed by atoms with van der Waals surface area (Å²) < 4.78 is 4.75. The Kier molecular flexibility index (Phi) is 3.78. The summed E-state index contributed by atoms with van der Waals surface area (Å²) in [5, 5.41) is 0. The van der Waals surface area contributed by atoms with Gasteiger partial charge in [-0.1, -0.05) is 0 Å². The average Bonchev–Trinajstić information content (AvgIpc) is 3.11. The molecule has 2 aliphatic carbocycles. The van der Waals surface area contributed by atoms with Crippen LogP contribution in [0.3, 0.4) is 0 Å². The number of allylic oxidation sites excluding steroid dienone is 8. The summed E-state index contributed by atoms with van der Waals surface area (Å²) in [6.45, 7) is 0. The van der Waals surface area contributed by atoms with Gasteiger partial charge >= 0.3 is 116 Å². The van der Waals surface area contributed by atoms with E-state index in [1.54, 1.807) is 7.76 Å². The molecule has 1 heteroatoms. The zero-order chi connectivity index (χ0) is 12.2. The summed E-state index contributed by atoms with van der Waals surface area (Å²) in [6, 6.07) is 11.0. The van der Waals surface area contributed by atoms with Crippen molar-refractivity contribution in [3.05, 3.63) is 80.1 Å². The van der Waals surface area contributed by atoms with Gasteiger partial charge < -0.3 is 1.43 Å². The molecule has 0 nitrogen and oxygen atoms in total. The van der Waals surface area contributed by atoms with Crippen LogP contribution in [0.15, 0.2) is 74.5 Å². The molecule has 0 spiro atoms. The van der Waals surface area contributed by atoms with Gasteiger partial charge in [0, 0.05) is 0 Å². The third kappa shape index (κ3) is 2.66. The van der Waals surface area contributed by atoms with Gasteiger partial charge in [-0.25, -0.2) is 0 Å². The van der Waals surface area contributed by atoms with Gasteiger partial charge in [-0.05, 0) is 0 Å². The summed E-state index contributed by atoms with van der Waals surface area (Å²) in [5.74, 6) is 0. The van der Waals surface area contributed by atoms with Crippen molar-refractivity contribution in [1.29, 1.82) is 0 Å². The van der Waals surface area contributed by atoms with Crippen molar-refractivity contribution in [1.82, 2.24) is 0 Å². The normalized spacial score (nSPS) is 16.9. The molecule has 0 unspecified atom stereocenters. The molecule has 0 amide bonds. The second kappa shape index (κ2) is 5.69. The van der Waals surface area contributed by atoms with Crippen LogP contribution < -0.4 is 0 Å². The van der Waals surface area contributed by atoms with Gasteiger partial charge in [-0.2, -0.15) is 0 Å². The predicted octanol–water partition coefficient (Wildman–Crippen LogP) is 4.60. The Bertz CT molecular complexity index is 508. The Labute approximate surface area is 117 Å². The van der Waals surface area contributed by atoms with E-state index in [-0.39, 0.29) is 1.43 Å². The topological polar surface area (TPSA) is 0 Å². The smallest absolute Gasteiger partial charge is 1.00 e. The molecule has 2 aliphatic rings. The molecule has 1 aromatic carbocycles. The van der Waals surface area contributed by atoms with Crippen LogP contribution in [0.1, 0.15) is 19.8 Å². The van der Waals surface area contributed by atoms with Crippen molar-refractivity contribution < 1.29 is 19.3 Å². The van der Waals surface area contributed by atoms with E-state index < -0.39 is 17.9 Å². The molecule has 1 aromatic rings. The second-order valence-corrected chi connectivity index (χ2v) is 8.84. The first-order valence-corrected chi connectivity index (χ1v) is 9.22. The molecule has 0 bridgehead atoms. The first-order chi connectivity index (χ1) is 8.93.